The maximum atomic E-state index is 14.2. The third-order valence-electron chi connectivity index (χ3n) is 3.53. The number of benzene rings is 1. The summed E-state index contributed by atoms with van der Waals surface area (Å²) in [6, 6.07) is 2.02. The topological polar surface area (TPSA) is 65.1 Å². The third kappa shape index (κ3) is 7.32. The molecule has 0 heterocycles. The van der Waals surface area contributed by atoms with E-state index in [9.17, 15) is 27.2 Å². The molecule has 0 atom stereocenters. The van der Waals surface area contributed by atoms with Crippen LogP contribution in [0.15, 0.2) is 12.1 Å². The molecule has 152 valence electrons. The summed E-state index contributed by atoms with van der Waals surface area (Å²) in [6.07, 6.45) is -5.38. The van der Waals surface area contributed by atoms with Crippen LogP contribution in [0.3, 0.4) is 0 Å². The fraction of sp³-hybridized carbons (Fsp3) is 0.529. The van der Waals surface area contributed by atoms with Gasteiger partial charge >= 0.3 is 12.1 Å². The minimum absolute atomic E-state index is 0.0300. The van der Waals surface area contributed by atoms with E-state index in [1.165, 1.54) is 12.0 Å². The number of methoxy groups -OCH3 is 1. The molecular weight excluding hydrogens is 374 g/mol. The van der Waals surface area contributed by atoms with Gasteiger partial charge in [-0.3, -0.25) is 9.59 Å². The van der Waals surface area contributed by atoms with Crippen molar-refractivity contribution in [3.05, 3.63) is 23.5 Å². The summed E-state index contributed by atoms with van der Waals surface area (Å²) >= 11 is 0. The molecule has 0 saturated heterocycles. The van der Waals surface area contributed by atoms with Crippen molar-refractivity contribution in [3.8, 4) is 11.5 Å². The number of alkyl halides is 3. The number of rotatable bonds is 9. The lowest BCUT2D eigenvalue weighted by molar-refractivity contribution is -0.185. The Bertz CT molecular complexity index is 659. The summed E-state index contributed by atoms with van der Waals surface area (Å²) in [4.78, 5) is 24.9. The van der Waals surface area contributed by atoms with Crippen molar-refractivity contribution in [3.63, 3.8) is 0 Å². The van der Waals surface area contributed by atoms with E-state index in [0.717, 1.165) is 12.1 Å². The van der Waals surface area contributed by atoms with E-state index in [1.54, 1.807) is 13.8 Å². The first-order valence-corrected chi connectivity index (χ1v) is 8.10. The van der Waals surface area contributed by atoms with Gasteiger partial charge in [0.25, 0.3) is 5.91 Å². The Morgan fingerprint density at radius 1 is 1.11 bits per heavy atom. The normalized spacial score (nSPS) is 11.1. The minimum atomic E-state index is -4.67. The van der Waals surface area contributed by atoms with Crippen LogP contribution >= 0.6 is 0 Å². The average Bonchev–Trinajstić information content (AvgIpc) is 2.60. The van der Waals surface area contributed by atoms with Crippen molar-refractivity contribution < 1.29 is 41.4 Å². The number of hydrogen-bond donors (Lipinski definition) is 0. The van der Waals surface area contributed by atoms with Crippen LogP contribution in [0.1, 0.15) is 19.4 Å². The third-order valence-corrected chi connectivity index (χ3v) is 3.53. The molecule has 0 aliphatic rings. The minimum Gasteiger partial charge on any atom is -0.493 e. The summed E-state index contributed by atoms with van der Waals surface area (Å²) in [5.41, 5.74) is -0.221. The summed E-state index contributed by atoms with van der Waals surface area (Å²) in [5.74, 6) is -2.48. The first-order valence-electron chi connectivity index (χ1n) is 8.10. The van der Waals surface area contributed by atoms with E-state index in [1.807, 2.05) is 0 Å². The van der Waals surface area contributed by atoms with E-state index >= 15 is 0 Å². The predicted molar refractivity (Wildman–Crippen MR) is 87.1 cm³/mol. The Labute approximate surface area is 154 Å². The van der Waals surface area contributed by atoms with Gasteiger partial charge in [0.2, 0.25) is 0 Å². The molecule has 6 nitrogen and oxygen atoms in total. The van der Waals surface area contributed by atoms with Gasteiger partial charge in [-0.25, -0.2) is 4.39 Å². The lowest BCUT2D eigenvalue weighted by Crippen LogP contribution is -2.34. The quantitative estimate of drug-likeness (QED) is 0.475. The van der Waals surface area contributed by atoms with Gasteiger partial charge < -0.3 is 19.1 Å². The lowest BCUT2D eigenvalue weighted by atomic mass is 10.1. The highest BCUT2D eigenvalue weighted by Gasteiger charge is 2.29. The second kappa shape index (κ2) is 9.98. The maximum absolute atomic E-state index is 14.2. The van der Waals surface area contributed by atoms with Crippen LogP contribution in [0, 0.1) is 5.82 Å². The van der Waals surface area contributed by atoms with E-state index in [2.05, 4.69) is 4.74 Å². The average molecular weight is 395 g/mol. The van der Waals surface area contributed by atoms with E-state index in [-0.39, 0.29) is 29.6 Å². The summed E-state index contributed by atoms with van der Waals surface area (Å²) in [6.45, 7) is 2.48. The van der Waals surface area contributed by atoms with Gasteiger partial charge in [0.05, 0.1) is 13.5 Å². The molecule has 1 aromatic carbocycles. The number of nitrogens with zero attached hydrogens (tertiary/aromatic N) is 1. The highest BCUT2D eigenvalue weighted by Crippen LogP contribution is 2.30. The molecule has 0 spiro atoms. The summed E-state index contributed by atoms with van der Waals surface area (Å²) < 4.78 is 64.7. The molecule has 1 amide bonds. The Morgan fingerprint density at radius 2 is 1.74 bits per heavy atom. The van der Waals surface area contributed by atoms with Gasteiger partial charge in [0.1, 0.15) is 5.82 Å². The Kier molecular flexibility index (Phi) is 8.32. The van der Waals surface area contributed by atoms with E-state index in [4.69, 9.17) is 9.47 Å². The van der Waals surface area contributed by atoms with Crippen molar-refractivity contribution in [1.82, 2.24) is 4.90 Å². The summed E-state index contributed by atoms with van der Waals surface area (Å²) in [5, 5.41) is 0. The van der Waals surface area contributed by atoms with Crippen LogP contribution in [0.25, 0.3) is 0 Å². The van der Waals surface area contributed by atoms with Crippen molar-refractivity contribution in [2.75, 3.05) is 33.4 Å². The van der Waals surface area contributed by atoms with Gasteiger partial charge in [0.15, 0.2) is 24.7 Å². The summed E-state index contributed by atoms with van der Waals surface area (Å²) in [7, 11) is 1.26. The molecule has 0 radical (unpaired) electrons. The van der Waals surface area contributed by atoms with Crippen molar-refractivity contribution in [1.29, 1.82) is 0 Å². The van der Waals surface area contributed by atoms with Gasteiger partial charge in [-0.05, 0) is 19.9 Å². The number of amides is 1. The first-order chi connectivity index (χ1) is 12.6. The molecule has 0 fully saturated rings. The zero-order valence-electron chi connectivity index (χ0n) is 15.2. The van der Waals surface area contributed by atoms with Crippen LogP contribution in [0.2, 0.25) is 0 Å². The predicted octanol–water partition coefficient (Wildman–Crippen LogP) is 2.73. The van der Waals surface area contributed by atoms with Gasteiger partial charge in [-0.2, -0.15) is 13.2 Å². The van der Waals surface area contributed by atoms with Crippen LogP contribution in [-0.2, 0) is 20.7 Å². The number of carbonyl (C=O) groups is 2. The standard InChI is InChI=1S/C17H21F4NO5/c1-4-22(5-2)15(23)9-26-14-8-12(18)11(6-13(14)25-3)7-16(24)27-10-17(19,20)21/h6,8H,4-5,7,9-10H2,1-3H3. The van der Waals surface area contributed by atoms with Crippen LogP contribution in [0.4, 0.5) is 17.6 Å². The van der Waals surface area contributed by atoms with E-state index < -0.39 is 31.0 Å². The molecule has 0 aliphatic heterocycles. The highest BCUT2D eigenvalue weighted by atomic mass is 19.4. The second-order valence-corrected chi connectivity index (χ2v) is 5.40. The van der Waals surface area contributed by atoms with Crippen molar-refractivity contribution in [2.45, 2.75) is 26.4 Å². The fourth-order valence-corrected chi connectivity index (χ4v) is 2.16. The van der Waals surface area contributed by atoms with Crippen molar-refractivity contribution >= 4 is 11.9 Å². The number of likely N-dealkylation sites (N-methyl/N-ethyl adjacent to an activating group) is 1. The van der Waals surface area contributed by atoms with Gasteiger partial charge in [0, 0.05) is 24.7 Å². The van der Waals surface area contributed by atoms with Crippen LogP contribution < -0.4 is 9.47 Å². The van der Waals surface area contributed by atoms with Gasteiger partial charge in [-0.1, -0.05) is 0 Å². The number of esters is 1. The number of ether oxygens (including phenoxy) is 3. The Morgan fingerprint density at radius 3 is 2.26 bits per heavy atom. The molecule has 0 bridgehead atoms. The smallest absolute Gasteiger partial charge is 0.422 e. The molecule has 1 rings (SSSR count). The monoisotopic (exact) mass is 395 g/mol. The largest absolute Gasteiger partial charge is 0.493 e. The Hall–Kier alpha value is -2.52. The lowest BCUT2D eigenvalue weighted by Gasteiger charge is -2.19. The fourth-order valence-electron chi connectivity index (χ4n) is 2.16. The van der Waals surface area contributed by atoms with Crippen LogP contribution in [-0.4, -0.2) is 56.4 Å². The maximum Gasteiger partial charge on any atom is 0.422 e. The number of hydrogen-bond acceptors (Lipinski definition) is 5. The SMILES string of the molecule is CCN(CC)C(=O)COc1cc(F)c(CC(=O)OCC(F)(F)F)cc1OC. The molecule has 27 heavy (non-hydrogen) atoms. The number of halogens is 4. The molecule has 0 aliphatic carbocycles. The molecule has 0 unspecified atom stereocenters. The Balaban J connectivity index is 2.83. The number of carbonyl (C=O) groups excluding carboxylic acids is 2. The molecule has 10 heteroatoms. The van der Waals surface area contributed by atoms with Crippen LogP contribution in [0.5, 0.6) is 11.5 Å². The molecular formula is C17H21F4NO5. The zero-order valence-corrected chi connectivity index (χ0v) is 15.2. The highest BCUT2D eigenvalue weighted by molar-refractivity contribution is 5.78. The second-order valence-electron chi connectivity index (χ2n) is 5.40. The molecule has 0 N–H and O–H groups in total. The van der Waals surface area contributed by atoms with Gasteiger partial charge in [-0.15, -0.1) is 0 Å². The zero-order chi connectivity index (χ0) is 20.6. The van der Waals surface area contributed by atoms with E-state index in [0.29, 0.717) is 13.1 Å². The van der Waals surface area contributed by atoms with Crippen molar-refractivity contribution in [2.24, 2.45) is 0 Å². The molecule has 1 aromatic rings. The molecule has 0 saturated carbocycles. The molecule has 0 aromatic heterocycles. The first kappa shape index (κ1) is 22.5.